The predicted octanol–water partition coefficient (Wildman–Crippen LogP) is 0.203. The first-order chi connectivity index (χ1) is 5.16. The largest absolute Gasteiger partial charge is 0.355 e. The van der Waals surface area contributed by atoms with Crippen molar-refractivity contribution < 1.29 is 4.79 Å². The highest BCUT2D eigenvalue weighted by Gasteiger charge is 2.00. The fourth-order valence-electron chi connectivity index (χ4n) is 0.558. The van der Waals surface area contributed by atoms with E-state index in [0.29, 0.717) is 13.0 Å². The maximum Gasteiger partial charge on any atom is 0.220 e. The van der Waals surface area contributed by atoms with Crippen LogP contribution < -0.4 is 11.1 Å². The number of rotatable bonds is 5. The number of hydrogen-bond acceptors (Lipinski definition) is 3. The third-order valence-electron chi connectivity index (χ3n) is 1.15. The first-order valence-electron chi connectivity index (χ1n) is 3.68. The zero-order valence-electron chi connectivity index (χ0n) is 7.09. The van der Waals surface area contributed by atoms with Crippen molar-refractivity contribution in [3.63, 3.8) is 0 Å². The molecule has 11 heavy (non-hydrogen) atoms. The highest BCUT2D eigenvalue weighted by Crippen LogP contribution is 1.94. The van der Waals surface area contributed by atoms with Crippen LogP contribution in [0.4, 0.5) is 0 Å². The second kappa shape index (κ2) is 6.49. The van der Waals surface area contributed by atoms with E-state index in [4.69, 9.17) is 5.73 Å². The Bertz CT molecular complexity index is 117. The summed E-state index contributed by atoms with van der Waals surface area (Å²) in [5, 5.41) is 2.74. The molecule has 4 heteroatoms. The van der Waals surface area contributed by atoms with E-state index in [1.807, 2.05) is 13.2 Å². The molecule has 1 unspecified atom stereocenters. The predicted molar refractivity (Wildman–Crippen MR) is 49.7 cm³/mol. The van der Waals surface area contributed by atoms with Crippen LogP contribution in [0.1, 0.15) is 13.3 Å². The van der Waals surface area contributed by atoms with Crippen molar-refractivity contribution >= 4 is 17.7 Å². The third-order valence-corrected chi connectivity index (χ3v) is 1.77. The molecule has 0 aliphatic rings. The standard InChI is InChI=1S/C7H16N2OS/c1-6(8)5-9-7(10)3-4-11-2/h6H,3-5,8H2,1-2H3,(H,9,10). The summed E-state index contributed by atoms with van der Waals surface area (Å²) in [5.74, 6) is 0.974. The van der Waals surface area contributed by atoms with E-state index < -0.39 is 0 Å². The Labute approximate surface area is 72.1 Å². The number of carbonyl (C=O) groups is 1. The Balaban J connectivity index is 3.23. The molecule has 0 spiro atoms. The molecular formula is C7H16N2OS. The van der Waals surface area contributed by atoms with Crippen LogP contribution in [0.25, 0.3) is 0 Å². The highest BCUT2D eigenvalue weighted by atomic mass is 32.2. The van der Waals surface area contributed by atoms with Crippen LogP contribution in [0.3, 0.4) is 0 Å². The molecule has 0 aromatic rings. The van der Waals surface area contributed by atoms with E-state index in [9.17, 15) is 4.79 Å². The Hall–Kier alpha value is -0.220. The van der Waals surface area contributed by atoms with Gasteiger partial charge in [-0.2, -0.15) is 11.8 Å². The summed E-state index contributed by atoms with van der Waals surface area (Å²) in [4.78, 5) is 10.9. The lowest BCUT2D eigenvalue weighted by molar-refractivity contribution is -0.120. The minimum atomic E-state index is 0.0493. The topological polar surface area (TPSA) is 55.1 Å². The summed E-state index contributed by atoms with van der Waals surface area (Å²) in [6, 6.07) is 0.0493. The van der Waals surface area contributed by atoms with Crippen LogP contribution in [0.5, 0.6) is 0 Å². The van der Waals surface area contributed by atoms with Crippen LogP contribution in [0.15, 0.2) is 0 Å². The molecule has 66 valence electrons. The number of hydrogen-bond donors (Lipinski definition) is 2. The number of thioether (sulfide) groups is 1. The van der Waals surface area contributed by atoms with Gasteiger partial charge in [0.2, 0.25) is 5.91 Å². The van der Waals surface area contributed by atoms with Crippen LogP contribution in [0, 0.1) is 0 Å². The van der Waals surface area contributed by atoms with Gasteiger partial charge in [0, 0.05) is 24.8 Å². The zero-order valence-corrected chi connectivity index (χ0v) is 7.91. The fraction of sp³-hybridized carbons (Fsp3) is 0.857. The molecule has 0 saturated carbocycles. The lowest BCUT2D eigenvalue weighted by Crippen LogP contribution is -2.35. The van der Waals surface area contributed by atoms with Gasteiger partial charge in [-0.3, -0.25) is 4.79 Å². The summed E-state index contributed by atoms with van der Waals surface area (Å²) in [6.07, 6.45) is 2.58. The number of nitrogens with one attached hydrogen (secondary N) is 1. The van der Waals surface area contributed by atoms with E-state index in [1.54, 1.807) is 11.8 Å². The van der Waals surface area contributed by atoms with E-state index in [0.717, 1.165) is 5.75 Å². The quantitative estimate of drug-likeness (QED) is 0.629. The Morgan fingerprint density at radius 3 is 2.82 bits per heavy atom. The maximum absolute atomic E-state index is 10.9. The highest BCUT2D eigenvalue weighted by molar-refractivity contribution is 7.98. The molecule has 1 amide bonds. The van der Waals surface area contributed by atoms with Gasteiger partial charge in [0.25, 0.3) is 0 Å². The van der Waals surface area contributed by atoms with Gasteiger partial charge >= 0.3 is 0 Å². The molecule has 0 bridgehead atoms. The Morgan fingerprint density at radius 1 is 1.73 bits per heavy atom. The van der Waals surface area contributed by atoms with Crippen LogP contribution in [-0.4, -0.2) is 30.5 Å². The lowest BCUT2D eigenvalue weighted by atomic mass is 10.3. The third kappa shape index (κ3) is 7.68. The van der Waals surface area contributed by atoms with Crippen LogP contribution in [0.2, 0.25) is 0 Å². The molecule has 0 saturated heterocycles. The van der Waals surface area contributed by atoms with Crippen molar-refractivity contribution in [3.8, 4) is 0 Å². The Kier molecular flexibility index (Phi) is 6.36. The van der Waals surface area contributed by atoms with E-state index in [2.05, 4.69) is 5.32 Å². The van der Waals surface area contributed by atoms with Gasteiger partial charge in [0.1, 0.15) is 0 Å². The summed E-state index contributed by atoms with van der Waals surface area (Å²) in [5.41, 5.74) is 5.45. The Morgan fingerprint density at radius 2 is 2.36 bits per heavy atom. The van der Waals surface area contributed by atoms with Gasteiger partial charge in [-0.1, -0.05) is 0 Å². The maximum atomic E-state index is 10.9. The smallest absolute Gasteiger partial charge is 0.220 e. The number of amides is 1. The fourth-order valence-corrected chi connectivity index (χ4v) is 0.947. The minimum Gasteiger partial charge on any atom is -0.355 e. The van der Waals surface area contributed by atoms with Crippen molar-refractivity contribution in [2.24, 2.45) is 5.73 Å². The molecule has 1 atom stereocenters. The second-order valence-corrected chi connectivity index (χ2v) is 3.51. The van der Waals surface area contributed by atoms with Gasteiger partial charge in [-0.25, -0.2) is 0 Å². The molecule has 0 aliphatic heterocycles. The average molecular weight is 176 g/mol. The second-order valence-electron chi connectivity index (χ2n) is 2.52. The van der Waals surface area contributed by atoms with E-state index >= 15 is 0 Å². The van der Waals surface area contributed by atoms with Crippen molar-refractivity contribution in [1.29, 1.82) is 0 Å². The zero-order chi connectivity index (χ0) is 8.69. The average Bonchev–Trinajstić information content (AvgIpc) is 1.97. The molecule has 0 rings (SSSR count). The summed E-state index contributed by atoms with van der Waals surface area (Å²) < 4.78 is 0. The van der Waals surface area contributed by atoms with Crippen molar-refractivity contribution in [3.05, 3.63) is 0 Å². The van der Waals surface area contributed by atoms with Gasteiger partial charge in [-0.05, 0) is 13.2 Å². The van der Waals surface area contributed by atoms with Crippen LogP contribution >= 0.6 is 11.8 Å². The minimum absolute atomic E-state index is 0.0493. The molecule has 0 aromatic heterocycles. The first kappa shape index (κ1) is 10.8. The summed E-state index contributed by atoms with van der Waals surface area (Å²) >= 11 is 1.67. The molecule has 0 heterocycles. The molecule has 3 nitrogen and oxygen atoms in total. The molecule has 0 radical (unpaired) electrons. The van der Waals surface area contributed by atoms with Crippen molar-refractivity contribution in [1.82, 2.24) is 5.32 Å². The first-order valence-corrected chi connectivity index (χ1v) is 5.07. The number of carbonyl (C=O) groups excluding carboxylic acids is 1. The van der Waals surface area contributed by atoms with Gasteiger partial charge < -0.3 is 11.1 Å². The summed E-state index contributed by atoms with van der Waals surface area (Å²) in [7, 11) is 0. The SMILES string of the molecule is CSCCC(=O)NCC(C)N. The molecule has 0 fully saturated rings. The van der Waals surface area contributed by atoms with Gasteiger partial charge in [-0.15, -0.1) is 0 Å². The normalized spacial score (nSPS) is 12.6. The molecule has 0 aromatic carbocycles. The summed E-state index contributed by atoms with van der Waals surface area (Å²) in [6.45, 7) is 2.45. The lowest BCUT2D eigenvalue weighted by Gasteiger charge is -2.06. The monoisotopic (exact) mass is 176 g/mol. The molecule has 0 aliphatic carbocycles. The molecular weight excluding hydrogens is 160 g/mol. The van der Waals surface area contributed by atoms with Gasteiger partial charge in [0.05, 0.1) is 0 Å². The van der Waals surface area contributed by atoms with E-state index in [-0.39, 0.29) is 11.9 Å². The van der Waals surface area contributed by atoms with Crippen molar-refractivity contribution in [2.45, 2.75) is 19.4 Å². The molecule has 3 N–H and O–H groups in total. The number of nitrogens with two attached hydrogens (primary N) is 1. The van der Waals surface area contributed by atoms with Crippen molar-refractivity contribution in [2.75, 3.05) is 18.6 Å². The van der Waals surface area contributed by atoms with Crippen LogP contribution in [-0.2, 0) is 4.79 Å². The van der Waals surface area contributed by atoms with E-state index in [1.165, 1.54) is 0 Å². The van der Waals surface area contributed by atoms with Gasteiger partial charge in [0.15, 0.2) is 0 Å².